The highest BCUT2D eigenvalue weighted by Gasteiger charge is 2.58. The van der Waals surface area contributed by atoms with E-state index in [4.69, 9.17) is 9.08 Å². The summed E-state index contributed by atoms with van der Waals surface area (Å²) in [7, 11) is -3.99. The Bertz CT molecular complexity index is 1790. The van der Waals surface area contributed by atoms with E-state index in [0.29, 0.717) is 38.8 Å². The molecule has 2 N–H and O–H groups in total. The Morgan fingerprint density at radius 1 is 1.00 bits per heavy atom. The first-order valence-electron chi connectivity index (χ1n) is 18.7. The maximum absolute atomic E-state index is 14.0. The van der Waals surface area contributed by atoms with E-state index in [1.165, 1.54) is 15.3 Å². The highest BCUT2D eigenvalue weighted by molar-refractivity contribution is 9.10. The van der Waals surface area contributed by atoms with E-state index in [0.717, 1.165) is 33.2 Å². The molecule has 0 bridgehead atoms. The van der Waals surface area contributed by atoms with E-state index in [2.05, 4.69) is 92.2 Å². The second-order valence-electron chi connectivity index (χ2n) is 15.5. The SMILES string of the molecule is CCCN1C(=O)[C@@H]2[C@@H](CC(CO[Si](c3ccccc3)(c3ccccc3)C(C)(C)C)=C3[C@@H](CC/C(=C/c4cc(Br)ccc4O)CC)OB(O)C[C@@H]32)C1=O. The van der Waals surface area contributed by atoms with Crippen LogP contribution < -0.4 is 10.4 Å². The van der Waals surface area contributed by atoms with Crippen LogP contribution in [0.1, 0.15) is 72.3 Å². The number of amides is 2. The molecule has 3 aromatic carbocycles. The normalized spacial score (nSPS) is 22.6. The molecule has 0 radical (unpaired) electrons. The fourth-order valence-corrected chi connectivity index (χ4v) is 13.8. The van der Waals surface area contributed by atoms with Crippen molar-refractivity contribution in [1.82, 2.24) is 4.90 Å². The molecule has 0 unspecified atom stereocenters. The molecule has 4 atom stereocenters. The van der Waals surface area contributed by atoms with Gasteiger partial charge in [0.2, 0.25) is 11.8 Å². The van der Waals surface area contributed by atoms with Crippen LogP contribution in [0.3, 0.4) is 0 Å². The van der Waals surface area contributed by atoms with Gasteiger partial charge in [0.15, 0.2) is 0 Å². The number of phenols is 1. The van der Waals surface area contributed by atoms with Crippen molar-refractivity contribution in [3.63, 3.8) is 0 Å². The number of phenolic OH excluding ortho intramolecular Hbond substituents is 1. The summed E-state index contributed by atoms with van der Waals surface area (Å²) in [5.74, 6) is -1.36. The first kappa shape index (κ1) is 38.4. The van der Waals surface area contributed by atoms with Crippen LogP contribution in [-0.2, 0) is 18.7 Å². The van der Waals surface area contributed by atoms with Crippen molar-refractivity contribution in [2.24, 2.45) is 17.8 Å². The van der Waals surface area contributed by atoms with Crippen molar-refractivity contribution in [1.29, 1.82) is 0 Å². The molecule has 0 spiro atoms. The number of carbonyl (C=O) groups excluding carboxylic acids is 2. The smallest absolute Gasteiger partial charge is 0.455 e. The van der Waals surface area contributed by atoms with Crippen LogP contribution in [0.15, 0.2) is 100 Å². The number of benzene rings is 3. The van der Waals surface area contributed by atoms with Gasteiger partial charge in [-0.1, -0.05) is 123 Å². The summed E-state index contributed by atoms with van der Waals surface area (Å²) >= 11 is 3.52. The van der Waals surface area contributed by atoms with Gasteiger partial charge in [0.1, 0.15) is 5.75 Å². The molecule has 6 rings (SSSR count). The summed E-state index contributed by atoms with van der Waals surface area (Å²) in [6, 6.07) is 26.4. The van der Waals surface area contributed by atoms with E-state index < -0.39 is 33.4 Å². The molecule has 3 aromatic rings. The van der Waals surface area contributed by atoms with Gasteiger partial charge in [0, 0.05) is 16.6 Å². The second kappa shape index (κ2) is 16.0. The number of fused-ring (bicyclic) bond motifs is 3. The first-order valence-corrected chi connectivity index (χ1v) is 21.4. The summed E-state index contributed by atoms with van der Waals surface area (Å²) in [5.41, 5.74) is 3.90. The van der Waals surface area contributed by atoms with E-state index in [1.807, 2.05) is 37.3 Å². The number of carbonyl (C=O) groups is 2. The summed E-state index contributed by atoms with van der Waals surface area (Å²) < 4.78 is 14.7. The maximum atomic E-state index is 14.0. The molecule has 7 nitrogen and oxygen atoms in total. The van der Waals surface area contributed by atoms with Gasteiger partial charge in [-0.3, -0.25) is 14.5 Å². The molecule has 2 heterocycles. The van der Waals surface area contributed by atoms with Crippen molar-refractivity contribution < 1.29 is 28.8 Å². The molecule has 52 heavy (non-hydrogen) atoms. The van der Waals surface area contributed by atoms with Crippen LogP contribution in [0.2, 0.25) is 11.4 Å². The quantitative estimate of drug-likeness (QED) is 0.112. The van der Waals surface area contributed by atoms with Gasteiger partial charge in [-0.2, -0.15) is 0 Å². The lowest BCUT2D eigenvalue weighted by atomic mass is 9.58. The molecule has 2 fully saturated rings. The summed E-state index contributed by atoms with van der Waals surface area (Å²) in [6.45, 7) is 11.5. The van der Waals surface area contributed by atoms with E-state index in [1.54, 1.807) is 6.07 Å². The third kappa shape index (κ3) is 7.42. The maximum Gasteiger partial charge on any atom is 0.455 e. The lowest BCUT2D eigenvalue weighted by Crippen LogP contribution is -2.66. The molecule has 274 valence electrons. The molecule has 0 saturated carbocycles. The lowest BCUT2D eigenvalue weighted by Gasteiger charge is -2.46. The van der Waals surface area contributed by atoms with Crippen LogP contribution in [-0.4, -0.2) is 61.5 Å². The van der Waals surface area contributed by atoms with E-state index in [9.17, 15) is 19.7 Å². The zero-order chi connectivity index (χ0) is 37.2. The number of allylic oxidation sites excluding steroid dienone is 1. The Hall–Kier alpha value is -3.28. The standard InChI is InChI=1S/C42H51BBrNO6Si/c1-6-22-45-40(47)34-25-30(27-50-52(42(3,4)5,32-14-10-8-11-15-32)33-16-12-9-13-17-33)38-35(39(34)41(45)48)26-43(49)51-37(38)21-18-28(7-2)23-29-24-31(44)19-20-36(29)46/h8-17,19-20,23-24,34-35,37,39,46,49H,6-7,18,21-22,25-27H2,1-5H3/b28-23+/t34-,35+,37-,39-/m1/s1. The molecular formula is C42H51BBrNO6Si. The third-order valence-corrected chi connectivity index (χ3v) is 16.7. The van der Waals surface area contributed by atoms with Gasteiger partial charge in [0.05, 0.1) is 24.5 Å². The number of likely N-dealkylation sites (tertiary alicyclic amines) is 1. The minimum atomic E-state index is -2.93. The van der Waals surface area contributed by atoms with Gasteiger partial charge in [-0.05, 0) is 89.1 Å². The zero-order valence-electron chi connectivity index (χ0n) is 31.0. The Morgan fingerprint density at radius 2 is 1.65 bits per heavy atom. The molecule has 3 aliphatic rings. The molecule has 10 heteroatoms. The largest absolute Gasteiger partial charge is 0.507 e. The highest BCUT2D eigenvalue weighted by Crippen LogP contribution is 2.51. The molecule has 2 amide bonds. The summed E-state index contributed by atoms with van der Waals surface area (Å²) in [4.78, 5) is 29.4. The summed E-state index contributed by atoms with van der Waals surface area (Å²) in [5, 5.41) is 23.9. The molecule has 2 saturated heterocycles. The Morgan fingerprint density at radius 3 is 2.25 bits per heavy atom. The topological polar surface area (TPSA) is 96.3 Å². The Balaban J connectivity index is 1.43. The van der Waals surface area contributed by atoms with Crippen molar-refractivity contribution in [2.75, 3.05) is 13.2 Å². The van der Waals surface area contributed by atoms with Crippen molar-refractivity contribution >= 4 is 59.6 Å². The molecule has 0 aromatic heterocycles. The number of rotatable bonds is 12. The van der Waals surface area contributed by atoms with Gasteiger partial charge in [-0.25, -0.2) is 0 Å². The van der Waals surface area contributed by atoms with Crippen LogP contribution in [0, 0.1) is 17.8 Å². The Labute approximate surface area is 318 Å². The van der Waals surface area contributed by atoms with Gasteiger partial charge in [0.25, 0.3) is 8.32 Å². The first-order chi connectivity index (χ1) is 24.9. The number of hydrogen-bond donors (Lipinski definition) is 2. The number of aromatic hydroxyl groups is 1. The number of imide groups is 1. The van der Waals surface area contributed by atoms with Crippen molar-refractivity contribution in [3.8, 4) is 5.75 Å². The number of hydrogen-bond acceptors (Lipinski definition) is 6. The minimum absolute atomic E-state index is 0.110. The fraction of sp³-hybridized carbons (Fsp3) is 0.429. The fourth-order valence-electron chi connectivity index (χ4n) is 8.89. The lowest BCUT2D eigenvalue weighted by molar-refractivity contribution is -0.140. The highest BCUT2D eigenvalue weighted by atomic mass is 79.9. The molecule has 1 aliphatic carbocycles. The number of halogens is 1. The second-order valence-corrected chi connectivity index (χ2v) is 20.7. The third-order valence-electron chi connectivity index (χ3n) is 11.3. The zero-order valence-corrected chi connectivity index (χ0v) is 33.6. The van der Waals surface area contributed by atoms with Crippen molar-refractivity contribution in [3.05, 3.63) is 106 Å². The van der Waals surface area contributed by atoms with Crippen molar-refractivity contribution in [2.45, 2.75) is 84.2 Å². The summed E-state index contributed by atoms with van der Waals surface area (Å²) in [6.07, 6.45) is 4.98. The minimum Gasteiger partial charge on any atom is -0.507 e. The van der Waals surface area contributed by atoms with E-state index >= 15 is 0 Å². The van der Waals surface area contributed by atoms with Gasteiger partial charge >= 0.3 is 7.12 Å². The average Bonchev–Trinajstić information content (AvgIpc) is 3.36. The number of nitrogens with zero attached hydrogens (tertiary/aromatic N) is 1. The molecule has 2 aliphatic heterocycles. The molecular weight excluding hydrogens is 733 g/mol. The van der Waals surface area contributed by atoms with Gasteiger partial charge in [-0.15, -0.1) is 0 Å². The Kier molecular flexibility index (Phi) is 11.8. The predicted molar refractivity (Wildman–Crippen MR) is 214 cm³/mol. The van der Waals surface area contributed by atoms with Gasteiger partial charge < -0.3 is 19.2 Å². The van der Waals surface area contributed by atoms with E-state index in [-0.39, 0.29) is 34.8 Å². The van der Waals surface area contributed by atoms with Crippen LogP contribution >= 0.6 is 15.9 Å². The predicted octanol–water partition coefficient (Wildman–Crippen LogP) is 7.51. The average molecular weight is 785 g/mol. The van der Waals surface area contributed by atoms with Crippen LogP contribution in [0.25, 0.3) is 6.08 Å². The monoisotopic (exact) mass is 783 g/mol. The van der Waals surface area contributed by atoms with Crippen LogP contribution in [0.4, 0.5) is 0 Å². The van der Waals surface area contributed by atoms with Crippen LogP contribution in [0.5, 0.6) is 5.75 Å².